The van der Waals surface area contributed by atoms with Crippen molar-refractivity contribution >= 4 is 11.6 Å². The summed E-state index contributed by atoms with van der Waals surface area (Å²) in [6, 6.07) is 6.79. The lowest BCUT2D eigenvalue weighted by Crippen LogP contribution is -2.15. The van der Waals surface area contributed by atoms with Gasteiger partial charge in [-0.15, -0.1) is 11.6 Å². The molecule has 0 saturated carbocycles. The molecule has 0 radical (unpaired) electrons. The third kappa shape index (κ3) is 3.83. The summed E-state index contributed by atoms with van der Waals surface area (Å²) < 4.78 is 13.0. The fourth-order valence-corrected chi connectivity index (χ4v) is 2.12. The molecule has 0 aromatic heterocycles. The Kier molecular flexibility index (Phi) is 5.10. The molecule has 2 atom stereocenters. The summed E-state index contributed by atoms with van der Waals surface area (Å²) in [6.45, 7) is 4.36. The summed E-state index contributed by atoms with van der Waals surface area (Å²) in [4.78, 5) is 0. The Bertz CT molecular complexity index is 298. The number of hydrogen-bond donors (Lipinski definition) is 0. The smallest absolute Gasteiger partial charge is 0.123 e. The highest BCUT2D eigenvalue weighted by Gasteiger charge is 2.15. The van der Waals surface area contributed by atoms with Crippen molar-refractivity contribution in [3.05, 3.63) is 35.6 Å². The van der Waals surface area contributed by atoms with Crippen LogP contribution in [0.25, 0.3) is 0 Å². The van der Waals surface area contributed by atoms with Crippen LogP contribution in [0.2, 0.25) is 0 Å². The molecule has 0 nitrogen and oxygen atoms in total. The van der Waals surface area contributed by atoms with Crippen molar-refractivity contribution in [1.29, 1.82) is 0 Å². The summed E-state index contributed by atoms with van der Waals surface area (Å²) in [5.41, 5.74) is 1.04. The highest BCUT2D eigenvalue weighted by molar-refractivity contribution is 6.18. The lowest BCUT2D eigenvalue weighted by Gasteiger charge is -2.20. The molecular weight excluding hydrogens is 211 g/mol. The van der Waals surface area contributed by atoms with E-state index in [0.29, 0.717) is 17.7 Å². The number of rotatable bonds is 5. The number of halogens is 2. The third-order valence-electron chi connectivity index (χ3n) is 3.03. The van der Waals surface area contributed by atoms with E-state index in [9.17, 15) is 4.39 Å². The van der Waals surface area contributed by atoms with Gasteiger partial charge in [-0.05, 0) is 36.0 Å². The van der Waals surface area contributed by atoms with Gasteiger partial charge in [0.1, 0.15) is 5.82 Å². The van der Waals surface area contributed by atoms with Crippen LogP contribution < -0.4 is 0 Å². The fourth-order valence-electron chi connectivity index (χ4n) is 1.71. The standard InChI is InChI=1S/C13H18ClF/c1-3-10(2)12(9-14)7-11-5-4-6-13(15)8-11/h4-6,8,10,12H,3,7,9H2,1-2H3. The van der Waals surface area contributed by atoms with Gasteiger partial charge in [-0.2, -0.15) is 0 Å². The van der Waals surface area contributed by atoms with Crippen LogP contribution >= 0.6 is 11.6 Å². The molecule has 0 fully saturated rings. The second-order valence-corrected chi connectivity index (χ2v) is 4.44. The molecule has 0 N–H and O–H groups in total. The van der Waals surface area contributed by atoms with Crippen molar-refractivity contribution in [3.63, 3.8) is 0 Å². The molecule has 84 valence electrons. The quantitative estimate of drug-likeness (QED) is 0.661. The minimum absolute atomic E-state index is 0.162. The topological polar surface area (TPSA) is 0 Å². The van der Waals surface area contributed by atoms with Gasteiger partial charge in [0, 0.05) is 5.88 Å². The molecule has 15 heavy (non-hydrogen) atoms. The van der Waals surface area contributed by atoms with Crippen molar-refractivity contribution in [1.82, 2.24) is 0 Å². The molecule has 2 heteroatoms. The molecule has 1 rings (SSSR count). The molecule has 1 aromatic carbocycles. The van der Waals surface area contributed by atoms with Crippen LogP contribution in [0.1, 0.15) is 25.8 Å². The van der Waals surface area contributed by atoms with E-state index in [1.807, 2.05) is 6.07 Å². The average Bonchev–Trinajstić information content (AvgIpc) is 2.25. The van der Waals surface area contributed by atoms with Crippen LogP contribution in [0.15, 0.2) is 24.3 Å². The number of hydrogen-bond acceptors (Lipinski definition) is 0. The van der Waals surface area contributed by atoms with Crippen LogP contribution in [-0.2, 0) is 6.42 Å². The summed E-state index contributed by atoms with van der Waals surface area (Å²) in [5.74, 6) is 1.51. The largest absolute Gasteiger partial charge is 0.207 e. The first-order valence-electron chi connectivity index (χ1n) is 5.47. The average molecular weight is 229 g/mol. The van der Waals surface area contributed by atoms with Gasteiger partial charge in [-0.3, -0.25) is 0 Å². The Morgan fingerprint density at radius 3 is 2.67 bits per heavy atom. The zero-order chi connectivity index (χ0) is 11.3. The molecule has 1 aromatic rings. The molecule has 0 bridgehead atoms. The maximum absolute atomic E-state index is 13.0. The summed E-state index contributed by atoms with van der Waals surface area (Å²) >= 11 is 5.94. The Hall–Kier alpha value is -0.560. The highest BCUT2D eigenvalue weighted by Crippen LogP contribution is 2.21. The Morgan fingerprint density at radius 2 is 2.13 bits per heavy atom. The second-order valence-electron chi connectivity index (χ2n) is 4.13. The fraction of sp³-hybridized carbons (Fsp3) is 0.538. The van der Waals surface area contributed by atoms with E-state index < -0.39 is 0 Å². The molecule has 0 heterocycles. The van der Waals surface area contributed by atoms with Gasteiger partial charge >= 0.3 is 0 Å². The molecule has 0 aliphatic rings. The van der Waals surface area contributed by atoms with Crippen LogP contribution in [0, 0.1) is 17.7 Å². The Morgan fingerprint density at radius 1 is 1.40 bits per heavy atom. The Balaban J connectivity index is 2.66. The van der Waals surface area contributed by atoms with E-state index in [4.69, 9.17) is 11.6 Å². The third-order valence-corrected chi connectivity index (χ3v) is 3.43. The molecule has 0 aliphatic carbocycles. The summed E-state index contributed by atoms with van der Waals surface area (Å²) in [6.07, 6.45) is 1.99. The maximum atomic E-state index is 13.0. The van der Waals surface area contributed by atoms with Crippen molar-refractivity contribution < 1.29 is 4.39 Å². The van der Waals surface area contributed by atoms with Gasteiger partial charge in [-0.25, -0.2) is 4.39 Å². The maximum Gasteiger partial charge on any atom is 0.123 e. The minimum atomic E-state index is -0.162. The first kappa shape index (κ1) is 12.5. The minimum Gasteiger partial charge on any atom is -0.207 e. The first-order valence-corrected chi connectivity index (χ1v) is 6.01. The van der Waals surface area contributed by atoms with Gasteiger partial charge in [0.25, 0.3) is 0 Å². The van der Waals surface area contributed by atoms with E-state index in [1.165, 1.54) is 6.07 Å². The molecule has 0 aliphatic heterocycles. The number of benzene rings is 1. The normalized spacial score (nSPS) is 14.9. The van der Waals surface area contributed by atoms with Crippen molar-refractivity contribution in [3.8, 4) is 0 Å². The molecule has 0 saturated heterocycles. The molecule has 2 unspecified atom stereocenters. The Labute approximate surface area is 96.5 Å². The second kappa shape index (κ2) is 6.12. The van der Waals surface area contributed by atoms with E-state index in [1.54, 1.807) is 12.1 Å². The van der Waals surface area contributed by atoms with Gasteiger partial charge in [0.15, 0.2) is 0 Å². The van der Waals surface area contributed by atoms with Crippen LogP contribution in [0.5, 0.6) is 0 Å². The summed E-state index contributed by atoms with van der Waals surface area (Å²) in [5, 5.41) is 0. The van der Waals surface area contributed by atoms with Gasteiger partial charge < -0.3 is 0 Å². The lowest BCUT2D eigenvalue weighted by atomic mass is 9.88. The van der Waals surface area contributed by atoms with Crippen LogP contribution in [-0.4, -0.2) is 5.88 Å². The van der Waals surface area contributed by atoms with Crippen molar-refractivity contribution in [2.75, 3.05) is 5.88 Å². The van der Waals surface area contributed by atoms with Crippen molar-refractivity contribution in [2.24, 2.45) is 11.8 Å². The monoisotopic (exact) mass is 228 g/mol. The SMILES string of the molecule is CCC(C)C(CCl)Cc1cccc(F)c1. The molecule has 0 spiro atoms. The zero-order valence-corrected chi connectivity index (χ0v) is 10.1. The molecular formula is C13H18ClF. The van der Waals surface area contributed by atoms with Crippen molar-refractivity contribution in [2.45, 2.75) is 26.7 Å². The molecule has 0 amide bonds. The lowest BCUT2D eigenvalue weighted by molar-refractivity contribution is 0.379. The highest BCUT2D eigenvalue weighted by atomic mass is 35.5. The van der Waals surface area contributed by atoms with E-state index in [2.05, 4.69) is 13.8 Å². The van der Waals surface area contributed by atoms with Gasteiger partial charge in [-0.1, -0.05) is 32.4 Å². The zero-order valence-electron chi connectivity index (χ0n) is 9.34. The van der Waals surface area contributed by atoms with E-state index in [0.717, 1.165) is 18.4 Å². The van der Waals surface area contributed by atoms with E-state index in [-0.39, 0.29) is 5.82 Å². The van der Waals surface area contributed by atoms with E-state index >= 15 is 0 Å². The predicted molar refractivity (Wildman–Crippen MR) is 63.8 cm³/mol. The summed E-state index contributed by atoms with van der Waals surface area (Å²) in [7, 11) is 0. The number of alkyl halides is 1. The van der Waals surface area contributed by atoms with Gasteiger partial charge in [0.2, 0.25) is 0 Å². The first-order chi connectivity index (χ1) is 7.17. The predicted octanol–water partition coefficient (Wildman–Crippen LogP) is 4.27. The van der Waals surface area contributed by atoms with Crippen LogP contribution in [0.4, 0.5) is 4.39 Å². The van der Waals surface area contributed by atoms with Crippen LogP contribution in [0.3, 0.4) is 0 Å². The van der Waals surface area contributed by atoms with Gasteiger partial charge in [0.05, 0.1) is 0 Å².